The Hall–Kier alpha value is -1.55. The topological polar surface area (TPSA) is 48.1 Å². The molecule has 1 aromatic heterocycles. The van der Waals surface area contributed by atoms with E-state index in [1.165, 1.54) is 37.0 Å². The van der Waals surface area contributed by atoms with Crippen molar-refractivity contribution in [3.63, 3.8) is 0 Å². The van der Waals surface area contributed by atoms with Crippen LogP contribution in [0.15, 0.2) is 24.3 Å². The molecule has 0 radical (unpaired) electrons. The van der Waals surface area contributed by atoms with Gasteiger partial charge in [-0.2, -0.15) is 0 Å². The van der Waals surface area contributed by atoms with Gasteiger partial charge >= 0.3 is 0 Å². The predicted octanol–water partition coefficient (Wildman–Crippen LogP) is 4.45. The molecule has 4 heteroatoms. The van der Waals surface area contributed by atoms with Gasteiger partial charge in [-0.3, -0.25) is 0 Å². The molecule has 0 spiro atoms. The highest BCUT2D eigenvalue weighted by Crippen LogP contribution is 2.43. The fourth-order valence-electron chi connectivity index (χ4n) is 3.02. The number of thiazole rings is 1. The lowest BCUT2D eigenvalue weighted by atomic mass is 9.87. The van der Waals surface area contributed by atoms with Crippen molar-refractivity contribution in [3.8, 4) is 17.0 Å². The molecule has 2 N–H and O–H groups in total. The Kier molecular flexibility index (Phi) is 3.92. The van der Waals surface area contributed by atoms with Crippen LogP contribution < -0.4 is 10.5 Å². The van der Waals surface area contributed by atoms with E-state index in [9.17, 15) is 0 Å². The second-order valence-electron chi connectivity index (χ2n) is 5.30. The first-order valence-electron chi connectivity index (χ1n) is 7.19. The summed E-state index contributed by atoms with van der Waals surface area (Å²) in [7, 11) is 1.70. The fourth-order valence-corrected chi connectivity index (χ4v) is 4.04. The summed E-state index contributed by atoms with van der Waals surface area (Å²) < 4.78 is 5.48. The summed E-state index contributed by atoms with van der Waals surface area (Å²) in [4.78, 5) is 5.92. The molecule has 0 saturated heterocycles. The van der Waals surface area contributed by atoms with Crippen LogP contribution >= 0.6 is 11.3 Å². The Balaban J connectivity index is 2.04. The van der Waals surface area contributed by atoms with E-state index in [-0.39, 0.29) is 0 Å². The number of anilines is 1. The van der Waals surface area contributed by atoms with E-state index in [4.69, 9.17) is 10.5 Å². The number of rotatable bonds is 3. The van der Waals surface area contributed by atoms with E-state index in [1.54, 1.807) is 18.4 Å². The Morgan fingerprint density at radius 1 is 1.20 bits per heavy atom. The molecule has 1 heterocycles. The molecule has 1 aromatic carbocycles. The second-order valence-corrected chi connectivity index (χ2v) is 6.36. The third kappa shape index (κ3) is 2.52. The van der Waals surface area contributed by atoms with Crippen molar-refractivity contribution in [2.75, 3.05) is 12.8 Å². The molecule has 1 saturated carbocycles. The number of nitrogens with zero attached hydrogens (tertiary/aromatic N) is 1. The number of hydrogen-bond donors (Lipinski definition) is 1. The summed E-state index contributed by atoms with van der Waals surface area (Å²) in [5.74, 6) is 1.48. The van der Waals surface area contributed by atoms with Crippen molar-refractivity contribution in [2.24, 2.45) is 0 Å². The molecule has 20 heavy (non-hydrogen) atoms. The van der Waals surface area contributed by atoms with Gasteiger partial charge in [0.2, 0.25) is 0 Å². The fraction of sp³-hybridized carbons (Fsp3) is 0.438. The van der Waals surface area contributed by atoms with Crippen LogP contribution in [0.1, 0.15) is 42.9 Å². The normalized spacial score (nSPS) is 16.2. The summed E-state index contributed by atoms with van der Waals surface area (Å²) >= 11 is 1.65. The molecule has 0 bridgehead atoms. The minimum absolute atomic E-state index is 0.610. The number of para-hydroxylation sites is 1. The highest BCUT2D eigenvalue weighted by atomic mass is 32.1. The largest absolute Gasteiger partial charge is 0.496 e. The van der Waals surface area contributed by atoms with Crippen molar-refractivity contribution in [1.82, 2.24) is 4.98 Å². The van der Waals surface area contributed by atoms with Crippen LogP contribution in [0.5, 0.6) is 5.75 Å². The average molecular weight is 288 g/mol. The third-order valence-corrected chi connectivity index (χ3v) is 5.05. The van der Waals surface area contributed by atoms with E-state index < -0.39 is 0 Å². The Morgan fingerprint density at radius 3 is 2.70 bits per heavy atom. The van der Waals surface area contributed by atoms with Crippen LogP contribution in [-0.2, 0) is 0 Å². The number of ether oxygens (including phenoxy) is 1. The van der Waals surface area contributed by atoms with Gasteiger partial charge in [0.15, 0.2) is 5.13 Å². The number of nitrogens with two attached hydrogens (primary N) is 1. The molecule has 106 valence electrons. The van der Waals surface area contributed by atoms with Gasteiger partial charge in [0, 0.05) is 10.4 Å². The molecular weight excluding hydrogens is 268 g/mol. The van der Waals surface area contributed by atoms with Crippen LogP contribution in [0, 0.1) is 0 Å². The van der Waals surface area contributed by atoms with Crippen molar-refractivity contribution < 1.29 is 4.74 Å². The number of benzene rings is 1. The van der Waals surface area contributed by atoms with Gasteiger partial charge in [-0.1, -0.05) is 31.4 Å². The van der Waals surface area contributed by atoms with Crippen molar-refractivity contribution in [1.29, 1.82) is 0 Å². The summed E-state index contributed by atoms with van der Waals surface area (Å²) in [5, 5.41) is 0.659. The van der Waals surface area contributed by atoms with Gasteiger partial charge in [0.25, 0.3) is 0 Å². The van der Waals surface area contributed by atoms with Crippen LogP contribution in [0.3, 0.4) is 0 Å². The zero-order valence-electron chi connectivity index (χ0n) is 11.8. The molecule has 1 aliphatic rings. The van der Waals surface area contributed by atoms with E-state index in [0.29, 0.717) is 11.0 Å². The van der Waals surface area contributed by atoms with Crippen LogP contribution in [0.4, 0.5) is 5.13 Å². The van der Waals surface area contributed by atoms with Crippen molar-refractivity contribution in [3.05, 3.63) is 29.1 Å². The molecule has 3 nitrogen and oxygen atoms in total. The average Bonchev–Trinajstić information content (AvgIpc) is 2.90. The van der Waals surface area contributed by atoms with Crippen molar-refractivity contribution >= 4 is 16.5 Å². The van der Waals surface area contributed by atoms with E-state index in [0.717, 1.165) is 17.0 Å². The summed E-state index contributed by atoms with van der Waals surface area (Å²) in [6.07, 6.45) is 6.49. The van der Waals surface area contributed by atoms with Gasteiger partial charge in [0.1, 0.15) is 5.75 Å². The number of hydrogen-bond acceptors (Lipinski definition) is 4. The lowest BCUT2D eigenvalue weighted by Gasteiger charge is -2.21. The molecule has 0 aliphatic heterocycles. The minimum Gasteiger partial charge on any atom is -0.496 e. The number of methoxy groups -OCH3 is 1. The molecule has 0 amide bonds. The standard InChI is InChI=1S/C16H20N2OS/c1-19-13-10-6-5-9-12(13)14-15(20-16(17)18-14)11-7-3-2-4-8-11/h5-6,9-11H,2-4,7-8H2,1H3,(H2,17,18). The Morgan fingerprint density at radius 2 is 1.95 bits per heavy atom. The van der Waals surface area contributed by atoms with Gasteiger partial charge in [-0.15, -0.1) is 11.3 Å². The number of nitrogen functional groups attached to an aromatic ring is 1. The predicted molar refractivity (Wildman–Crippen MR) is 84.3 cm³/mol. The van der Waals surface area contributed by atoms with E-state index in [1.807, 2.05) is 18.2 Å². The van der Waals surface area contributed by atoms with Gasteiger partial charge < -0.3 is 10.5 Å². The second kappa shape index (κ2) is 5.83. The first-order valence-corrected chi connectivity index (χ1v) is 8.01. The van der Waals surface area contributed by atoms with E-state index in [2.05, 4.69) is 11.1 Å². The maximum Gasteiger partial charge on any atom is 0.180 e. The molecule has 3 rings (SSSR count). The molecule has 2 aromatic rings. The Labute approximate surface area is 123 Å². The highest BCUT2D eigenvalue weighted by Gasteiger charge is 2.24. The monoisotopic (exact) mass is 288 g/mol. The zero-order chi connectivity index (χ0) is 13.9. The molecular formula is C16H20N2OS. The molecule has 0 atom stereocenters. The molecule has 1 aliphatic carbocycles. The minimum atomic E-state index is 0.610. The maximum atomic E-state index is 5.98. The summed E-state index contributed by atoms with van der Waals surface area (Å²) in [6.45, 7) is 0. The quantitative estimate of drug-likeness (QED) is 0.907. The van der Waals surface area contributed by atoms with Crippen LogP contribution in [-0.4, -0.2) is 12.1 Å². The summed E-state index contributed by atoms with van der Waals surface area (Å²) in [6, 6.07) is 8.06. The first kappa shape index (κ1) is 13.4. The lowest BCUT2D eigenvalue weighted by Crippen LogP contribution is -2.04. The van der Waals surface area contributed by atoms with Gasteiger partial charge in [-0.05, 0) is 30.9 Å². The third-order valence-electron chi connectivity index (χ3n) is 4.01. The van der Waals surface area contributed by atoms with E-state index >= 15 is 0 Å². The lowest BCUT2D eigenvalue weighted by molar-refractivity contribution is 0.416. The SMILES string of the molecule is COc1ccccc1-c1nc(N)sc1C1CCCCC1. The molecule has 1 fully saturated rings. The number of aromatic nitrogens is 1. The molecule has 0 unspecified atom stereocenters. The van der Waals surface area contributed by atoms with Crippen LogP contribution in [0.25, 0.3) is 11.3 Å². The van der Waals surface area contributed by atoms with Gasteiger partial charge in [-0.25, -0.2) is 4.98 Å². The Bertz CT molecular complexity index is 588. The maximum absolute atomic E-state index is 5.98. The summed E-state index contributed by atoms with van der Waals surface area (Å²) in [5.41, 5.74) is 8.07. The smallest absolute Gasteiger partial charge is 0.180 e. The van der Waals surface area contributed by atoms with Crippen LogP contribution in [0.2, 0.25) is 0 Å². The zero-order valence-corrected chi connectivity index (χ0v) is 12.6. The highest BCUT2D eigenvalue weighted by molar-refractivity contribution is 7.15. The van der Waals surface area contributed by atoms with Gasteiger partial charge in [0.05, 0.1) is 12.8 Å². The first-order chi connectivity index (χ1) is 9.79. The van der Waals surface area contributed by atoms with Crippen molar-refractivity contribution in [2.45, 2.75) is 38.0 Å².